The Hall–Kier alpha value is -2.96. The molecule has 7 heteroatoms. The summed E-state index contributed by atoms with van der Waals surface area (Å²) < 4.78 is 4.85. The van der Waals surface area contributed by atoms with Crippen molar-refractivity contribution in [2.75, 3.05) is 5.32 Å². The van der Waals surface area contributed by atoms with E-state index in [0.717, 1.165) is 5.56 Å². The summed E-state index contributed by atoms with van der Waals surface area (Å²) in [5.41, 5.74) is 1.64. The van der Waals surface area contributed by atoms with E-state index in [-0.39, 0.29) is 30.3 Å². The molecule has 132 valence electrons. The third-order valence-corrected chi connectivity index (χ3v) is 3.60. The summed E-state index contributed by atoms with van der Waals surface area (Å²) in [4.78, 5) is 35.9. The maximum atomic E-state index is 12.0. The predicted molar refractivity (Wildman–Crippen MR) is 92.2 cm³/mol. The van der Waals surface area contributed by atoms with E-state index in [1.54, 1.807) is 32.0 Å². The van der Waals surface area contributed by atoms with Gasteiger partial charge in [-0.05, 0) is 20.8 Å². The van der Waals surface area contributed by atoms with Crippen LogP contribution in [-0.4, -0.2) is 28.8 Å². The van der Waals surface area contributed by atoms with Gasteiger partial charge in [-0.15, -0.1) is 0 Å². The van der Waals surface area contributed by atoms with Crippen molar-refractivity contribution in [2.45, 2.75) is 39.7 Å². The number of aryl methyl sites for hydroxylation is 2. The molecule has 0 spiro atoms. The fourth-order valence-electron chi connectivity index (χ4n) is 2.15. The minimum absolute atomic E-state index is 0.0212. The van der Waals surface area contributed by atoms with Crippen molar-refractivity contribution >= 4 is 23.4 Å². The van der Waals surface area contributed by atoms with Crippen molar-refractivity contribution in [1.29, 1.82) is 0 Å². The highest BCUT2D eigenvalue weighted by molar-refractivity contribution is 5.99. The van der Waals surface area contributed by atoms with Crippen LogP contribution < -0.4 is 10.6 Å². The number of rotatable bonds is 7. The molecule has 2 amide bonds. The summed E-state index contributed by atoms with van der Waals surface area (Å²) in [6.07, 6.45) is 0.110. The molecule has 0 aliphatic carbocycles. The number of anilines is 1. The first-order valence-corrected chi connectivity index (χ1v) is 7.98. The average Bonchev–Trinajstić information content (AvgIpc) is 2.98. The lowest BCUT2D eigenvalue weighted by Gasteiger charge is -2.12. The lowest BCUT2D eigenvalue weighted by molar-refractivity contribution is -0.126. The Morgan fingerprint density at radius 3 is 2.40 bits per heavy atom. The van der Waals surface area contributed by atoms with Gasteiger partial charge in [-0.3, -0.25) is 14.4 Å². The van der Waals surface area contributed by atoms with Crippen molar-refractivity contribution in [3.63, 3.8) is 0 Å². The number of benzene rings is 1. The molecule has 0 saturated carbocycles. The number of nitrogens with zero attached hydrogens (tertiary/aromatic N) is 1. The molecule has 1 atom stereocenters. The van der Waals surface area contributed by atoms with Crippen LogP contribution in [0.2, 0.25) is 0 Å². The highest BCUT2D eigenvalue weighted by Gasteiger charge is 2.18. The molecular formula is C18H21N3O4. The molecule has 0 unspecified atom stereocenters. The molecule has 7 nitrogen and oxygen atoms in total. The van der Waals surface area contributed by atoms with E-state index in [4.69, 9.17) is 4.52 Å². The summed E-state index contributed by atoms with van der Waals surface area (Å²) >= 11 is 0. The highest BCUT2D eigenvalue weighted by atomic mass is 16.5. The van der Waals surface area contributed by atoms with Crippen molar-refractivity contribution in [3.8, 4) is 0 Å². The van der Waals surface area contributed by atoms with Gasteiger partial charge in [0, 0.05) is 24.5 Å². The van der Waals surface area contributed by atoms with Crippen LogP contribution in [0.25, 0.3) is 0 Å². The molecule has 1 aromatic heterocycles. The summed E-state index contributed by atoms with van der Waals surface area (Å²) in [5, 5.41) is 8.75. The number of aromatic nitrogens is 1. The monoisotopic (exact) mass is 343 g/mol. The first kappa shape index (κ1) is 18.4. The van der Waals surface area contributed by atoms with Crippen LogP contribution in [0.15, 0.2) is 34.9 Å². The Balaban J connectivity index is 1.77. The number of amides is 2. The molecule has 1 aromatic carbocycles. The zero-order chi connectivity index (χ0) is 18.4. The average molecular weight is 343 g/mol. The van der Waals surface area contributed by atoms with Gasteiger partial charge < -0.3 is 15.2 Å². The highest BCUT2D eigenvalue weighted by Crippen LogP contribution is 2.09. The summed E-state index contributed by atoms with van der Waals surface area (Å²) in [7, 11) is 0. The van der Waals surface area contributed by atoms with Crippen molar-refractivity contribution in [3.05, 3.63) is 47.2 Å². The number of nitrogens with one attached hydrogen (secondary N) is 2. The second-order valence-corrected chi connectivity index (χ2v) is 5.89. The fraction of sp³-hybridized carbons (Fsp3) is 0.333. The van der Waals surface area contributed by atoms with Gasteiger partial charge in [0.25, 0.3) is 0 Å². The predicted octanol–water partition coefficient (Wildman–Crippen LogP) is 2.40. The summed E-state index contributed by atoms with van der Waals surface area (Å²) in [5.74, 6) is -0.0176. The lowest BCUT2D eigenvalue weighted by atomic mass is 10.0. The van der Waals surface area contributed by atoms with Crippen LogP contribution in [0, 0.1) is 13.8 Å². The molecule has 1 heterocycles. The second-order valence-electron chi connectivity index (χ2n) is 5.89. The zero-order valence-corrected chi connectivity index (χ0v) is 14.5. The summed E-state index contributed by atoms with van der Waals surface area (Å²) in [6, 6.07) is 8.01. The van der Waals surface area contributed by atoms with E-state index < -0.39 is 11.9 Å². The molecule has 0 fully saturated rings. The molecule has 0 saturated heterocycles. The molecule has 0 aliphatic rings. The van der Waals surface area contributed by atoms with Crippen molar-refractivity contribution in [2.24, 2.45) is 0 Å². The van der Waals surface area contributed by atoms with Crippen LogP contribution in [0.4, 0.5) is 5.82 Å². The van der Waals surface area contributed by atoms with Gasteiger partial charge in [0.1, 0.15) is 11.8 Å². The van der Waals surface area contributed by atoms with Gasteiger partial charge in [0.05, 0.1) is 0 Å². The number of hydrogen-bond donors (Lipinski definition) is 2. The molecule has 2 aromatic rings. The Morgan fingerprint density at radius 1 is 1.12 bits per heavy atom. The van der Waals surface area contributed by atoms with E-state index in [0.29, 0.717) is 11.3 Å². The maximum absolute atomic E-state index is 12.0. The van der Waals surface area contributed by atoms with E-state index in [9.17, 15) is 14.4 Å². The van der Waals surface area contributed by atoms with Gasteiger partial charge in [-0.25, -0.2) is 0 Å². The van der Waals surface area contributed by atoms with Crippen LogP contribution >= 0.6 is 0 Å². The number of carbonyl (C=O) groups is 3. The van der Waals surface area contributed by atoms with E-state index in [1.807, 2.05) is 19.1 Å². The second kappa shape index (κ2) is 8.23. The van der Waals surface area contributed by atoms with Gasteiger partial charge in [-0.1, -0.05) is 35.0 Å². The van der Waals surface area contributed by atoms with Crippen LogP contribution in [-0.2, 0) is 9.59 Å². The Morgan fingerprint density at radius 2 is 1.80 bits per heavy atom. The molecule has 0 radical (unpaired) electrons. The van der Waals surface area contributed by atoms with Crippen LogP contribution in [0.3, 0.4) is 0 Å². The topological polar surface area (TPSA) is 101 Å². The normalized spacial score (nSPS) is 11.6. The van der Waals surface area contributed by atoms with Crippen molar-refractivity contribution < 1.29 is 18.9 Å². The van der Waals surface area contributed by atoms with Gasteiger partial charge in [0.15, 0.2) is 11.6 Å². The van der Waals surface area contributed by atoms with Gasteiger partial charge in [-0.2, -0.15) is 0 Å². The van der Waals surface area contributed by atoms with Crippen molar-refractivity contribution in [1.82, 2.24) is 10.5 Å². The third-order valence-electron chi connectivity index (χ3n) is 3.60. The quantitative estimate of drug-likeness (QED) is 0.752. The molecule has 2 N–H and O–H groups in total. The number of ketones is 1. The van der Waals surface area contributed by atoms with E-state index in [2.05, 4.69) is 15.8 Å². The third kappa shape index (κ3) is 5.56. The molecule has 0 aliphatic heterocycles. The molecule has 0 bridgehead atoms. The number of hydrogen-bond acceptors (Lipinski definition) is 5. The smallest absolute Gasteiger partial charge is 0.247 e. The van der Waals surface area contributed by atoms with E-state index in [1.165, 1.54) is 0 Å². The fourth-order valence-corrected chi connectivity index (χ4v) is 2.15. The first-order valence-electron chi connectivity index (χ1n) is 7.98. The van der Waals surface area contributed by atoms with E-state index >= 15 is 0 Å². The molecular weight excluding hydrogens is 322 g/mol. The van der Waals surface area contributed by atoms with Gasteiger partial charge in [0.2, 0.25) is 11.8 Å². The SMILES string of the molecule is Cc1ccc(C(=O)CCC(=O)N[C@@H](C)C(=O)Nc2cc(C)on2)cc1. The molecule has 2 rings (SSSR count). The Bertz CT molecular complexity index is 765. The minimum atomic E-state index is -0.751. The standard InChI is InChI=1S/C18H21N3O4/c1-11-4-6-14(7-5-11)15(22)8-9-17(23)19-13(3)18(24)20-16-10-12(2)25-21-16/h4-7,10,13H,8-9H2,1-3H3,(H,19,23)(H,20,21,24)/t13-/m0/s1. The Kier molecular flexibility index (Phi) is 6.05. The largest absolute Gasteiger partial charge is 0.360 e. The minimum Gasteiger partial charge on any atom is -0.360 e. The summed E-state index contributed by atoms with van der Waals surface area (Å²) in [6.45, 7) is 5.20. The zero-order valence-electron chi connectivity index (χ0n) is 14.5. The number of carbonyl (C=O) groups excluding carboxylic acids is 3. The lowest BCUT2D eigenvalue weighted by Crippen LogP contribution is -2.41. The first-order chi connectivity index (χ1) is 11.8. The maximum Gasteiger partial charge on any atom is 0.247 e. The Labute approximate surface area is 145 Å². The number of Topliss-reactive ketones (excluding diaryl/α,β-unsaturated/α-hetero) is 1. The van der Waals surface area contributed by atoms with Crippen LogP contribution in [0.5, 0.6) is 0 Å². The van der Waals surface area contributed by atoms with Gasteiger partial charge >= 0.3 is 0 Å². The van der Waals surface area contributed by atoms with Crippen LogP contribution in [0.1, 0.15) is 41.4 Å². The molecule has 25 heavy (non-hydrogen) atoms.